The van der Waals surface area contributed by atoms with Crippen molar-refractivity contribution in [2.45, 2.75) is 51.7 Å². The van der Waals surface area contributed by atoms with E-state index in [0.717, 1.165) is 42.0 Å². The van der Waals surface area contributed by atoms with Crippen LogP contribution in [0.1, 0.15) is 38.7 Å². The largest absolute Gasteiger partial charge is 0.390 e. The van der Waals surface area contributed by atoms with Gasteiger partial charge in [0.05, 0.1) is 17.5 Å². The molecule has 0 radical (unpaired) electrons. The van der Waals surface area contributed by atoms with Gasteiger partial charge in [0.25, 0.3) is 0 Å². The lowest BCUT2D eigenvalue weighted by Gasteiger charge is -2.25. The highest BCUT2D eigenvalue weighted by atomic mass is 16.3. The first-order valence-electron chi connectivity index (χ1n) is 9.31. The van der Waals surface area contributed by atoms with E-state index < -0.39 is 5.60 Å². The van der Waals surface area contributed by atoms with Crippen molar-refractivity contribution in [2.24, 2.45) is 5.92 Å². The van der Waals surface area contributed by atoms with Crippen LogP contribution >= 0.6 is 0 Å². The summed E-state index contributed by atoms with van der Waals surface area (Å²) >= 11 is 0. The van der Waals surface area contributed by atoms with Crippen molar-refractivity contribution >= 4 is 11.5 Å². The summed E-state index contributed by atoms with van der Waals surface area (Å²) in [6, 6.07) is 12.7. The summed E-state index contributed by atoms with van der Waals surface area (Å²) in [4.78, 5) is 4.48. The number of fused-ring (bicyclic) bond motifs is 1. The molecule has 5 heteroatoms. The highest BCUT2D eigenvalue weighted by Gasteiger charge is 2.34. The molecule has 1 aliphatic carbocycles. The smallest absolute Gasteiger partial charge is 0.154 e. The van der Waals surface area contributed by atoms with Crippen molar-refractivity contribution < 1.29 is 5.11 Å². The minimum atomic E-state index is -0.615. The summed E-state index contributed by atoms with van der Waals surface area (Å²) in [7, 11) is 0. The van der Waals surface area contributed by atoms with Crippen LogP contribution in [0.25, 0.3) is 16.9 Å². The van der Waals surface area contributed by atoms with Gasteiger partial charge in [-0.3, -0.25) is 0 Å². The first-order valence-corrected chi connectivity index (χ1v) is 9.31. The number of nitrogens with one attached hydrogen (secondary N) is 1. The van der Waals surface area contributed by atoms with Gasteiger partial charge in [-0.25, -0.2) is 9.50 Å². The van der Waals surface area contributed by atoms with E-state index in [1.807, 2.05) is 36.7 Å². The quantitative estimate of drug-likeness (QED) is 0.745. The lowest BCUT2D eigenvalue weighted by molar-refractivity contribution is 0.0197. The maximum Gasteiger partial charge on any atom is 0.154 e. The molecule has 2 N–H and O–H groups in total. The second-order valence-corrected chi connectivity index (χ2v) is 8.01. The van der Waals surface area contributed by atoms with E-state index >= 15 is 0 Å². The molecule has 1 fully saturated rings. The minimum Gasteiger partial charge on any atom is -0.390 e. The molecule has 2 heterocycles. The Kier molecular flexibility index (Phi) is 4.19. The molecule has 0 saturated heterocycles. The fourth-order valence-electron chi connectivity index (χ4n) is 3.91. The monoisotopic (exact) mass is 350 g/mol. The molecule has 2 atom stereocenters. The van der Waals surface area contributed by atoms with Crippen molar-refractivity contribution in [1.82, 2.24) is 14.6 Å². The Hall–Kier alpha value is -2.40. The third-order valence-corrected chi connectivity index (χ3v) is 5.46. The summed E-state index contributed by atoms with van der Waals surface area (Å²) < 4.78 is 1.90. The van der Waals surface area contributed by atoms with Gasteiger partial charge in [0.1, 0.15) is 5.82 Å². The average Bonchev–Trinajstić information content (AvgIpc) is 3.21. The van der Waals surface area contributed by atoms with Crippen molar-refractivity contribution in [3.8, 4) is 11.3 Å². The van der Waals surface area contributed by atoms with Gasteiger partial charge in [-0.1, -0.05) is 23.8 Å². The number of anilines is 1. The summed E-state index contributed by atoms with van der Waals surface area (Å²) in [5.74, 6) is 1.19. The number of hydrogen-bond acceptors (Lipinski definition) is 4. The summed E-state index contributed by atoms with van der Waals surface area (Å²) in [5, 5.41) is 18.6. The Morgan fingerprint density at radius 3 is 2.77 bits per heavy atom. The second-order valence-electron chi connectivity index (χ2n) is 8.01. The van der Waals surface area contributed by atoms with Gasteiger partial charge in [0.15, 0.2) is 5.65 Å². The van der Waals surface area contributed by atoms with Gasteiger partial charge in [-0.2, -0.15) is 0 Å². The van der Waals surface area contributed by atoms with Crippen molar-refractivity contribution in [2.75, 3.05) is 5.32 Å². The molecule has 5 nitrogen and oxygen atoms in total. The third-order valence-electron chi connectivity index (χ3n) is 5.46. The highest BCUT2D eigenvalue weighted by Crippen LogP contribution is 2.35. The Morgan fingerprint density at radius 2 is 2.04 bits per heavy atom. The zero-order valence-corrected chi connectivity index (χ0v) is 15.6. The lowest BCUT2D eigenvalue weighted by atomic mass is 9.89. The number of aromatic nitrogens is 3. The van der Waals surface area contributed by atoms with Gasteiger partial charge in [0, 0.05) is 11.6 Å². The molecule has 0 amide bonds. The van der Waals surface area contributed by atoms with E-state index in [0.29, 0.717) is 12.0 Å². The zero-order valence-electron chi connectivity index (χ0n) is 15.6. The normalized spacial score (nSPS) is 20.6. The van der Waals surface area contributed by atoms with Crippen LogP contribution < -0.4 is 5.32 Å². The van der Waals surface area contributed by atoms with Gasteiger partial charge >= 0.3 is 0 Å². The first-order chi connectivity index (χ1) is 12.4. The van der Waals surface area contributed by atoms with Crippen LogP contribution in [-0.2, 0) is 0 Å². The van der Waals surface area contributed by atoms with Crippen molar-refractivity contribution in [3.63, 3.8) is 0 Å². The predicted molar refractivity (Wildman–Crippen MR) is 104 cm³/mol. The molecule has 1 aromatic carbocycles. The topological polar surface area (TPSA) is 62.5 Å². The molecule has 3 aromatic rings. The van der Waals surface area contributed by atoms with E-state index in [-0.39, 0.29) is 0 Å². The molecule has 2 aromatic heterocycles. The molecule has 0 bridgehead atoms. The highest BCUT2D eigenvalue weighted by molar-refractivity contribution is 5.64. The summed E-state index contributed by atoms with van der Waals surface area (Å²) in [6.45, 7) is 5.90. The first kappa shape index (κ1) is 17.0. The summed E-state index contributed by atoms with van der Waals surface area (Å²) in [5.41, 5.74) is 3.55. The number of benzene rings is 1. The van der Waals surface area contributed by atoms with E-state index in [4.69, 9.17) is 5.10 Å². The number of aliphatic hydroxyl groups is 1. The second kappa shape index (κ2) is 6.40. The minimum absolute atomic E-state index is 0.333. The number of rotatable bonds is 4. The molecule has 136 valence electrons. The van der Waals surface area contributed by atoms with Gasteiger partial charge in [-0.05, 0) is 64.2 Å². The molecule has 0 aliphatic heterocycles. The predicted octanol–water partition coefficient (Wildman–Crippen LogP) is 4.06. The van der Waals surface area contributed by atoms with Crippen LogP contribution in [0.3, 0.4) is 0 Å². The lowest BCUT2D eigenvalue weighted by Crippen LogP contribution is -2.30. The van der Waals surface area contributed by atoms with Crippen molar-refractivity contribution in [1.29, 1.82) is 0 Å². The number of aryl methyl sites for hydroxylation is 1. The van der Waals surface area contributed by atoms with Crippen LogP contribution in [0.5, 0.6) is 0 Å². The Balaban J connectivity index is 1.59. The van der Waals surface area contributed by atoms with Crippen LogP contribution in [0.4, 0.5) is 5.82 Å². The maximum absolute atomic E-state index is 10.2. The molecular formula is C21H26N4O. The molecule has 0 unspecified atom stereocenters. The standard InChI is InChI=1S/C21H26N4O/c1-14-5-4-6-15(11-14)18-13-22-20-10-9-19(24-25(18)20)23-17-8-7-16(12-17)21(2,3)26/h4-6,9-11,13,16-17,26H,7-8,12H2,1-3H3,(H,23,24)/t16-,17-/m1/s1. The SMILES string of the molecule is Cc1cccc(-c2cnc3ccc(N[C@@H]4CC[C@@H](C(C)(C)O)C4)nn23)c1. The van der Waals surface area contributed by atoms with Gasteiger partial charge in [-0.15, -0.1) is 5.10 Å². The average molecular weight is 350 g/mol. The summed E-state index contributed by atoms with van der Waals surface area (Å²) in [6.07, 6.45) is 4.95. The number of imidazole rings is 1. The van der Waals surface area contributed by atoms with E-state index in [1.54, 1.807) is 0 Å². The molecule has 4 rings (SSSR count). The fraction of sp³-hybridized carbons (Fsp3) is 0.429. The van der Waals surface area contributed by atoms with Crippen LogP contribution in [0.2, 0.25) is 0 Å². The Bertz CT molecular complexity index is 925. The Morgan fingerprint density at radius 1 is 1.19 bits per heavy atom. The number of hydrogen-bond donors (Lipinski definition) is 2. The van der Waals surface area contributed by atoms with Crippen LogP contribution in [-0.4, -0.2) is 31.3 Å². The molecular weight excluding hydrogens is 324 g/mol. The van der Waals surface area contributed by atoms with Crippen molar-refractivity contribution in [3.05, 3.63) is 48.2 Å². The maximum atomic E-state index is 10.2. The molecule has 0 spiro atoms. The fourth-order valence-corrected chi connectivity index (χ4v) is 3.91. The van der Waals surface area contributed by atoms with Gasteiger partial charge < -0.3 is 10.4 Å². The third kappa shape index (κ3) is 3.31. The van der Waals surface area contributed by atoms with Crippen LogP contribution in [0.15, 0.2) is 42.6 Å². The molecule has 1 saturated carbocycles. The molecule has 1 aliphatic rings. The number of nitrogens with zero attached hydrogens (tertiary/aromatic N) is 3. The van der Waals surface area contributed by atoms with E-state index in [9.17, 15) is 5.11 Å². The van der Waals surface area contributed by atoms with E-state index in [2.05, 4.69) is 41.5 Å². The molecule has 26 heavy (non-hydrogen) atoms. The van der Waals surface area contributed by atoms with E-state index in [1.165, 1.54) is 5.56 Å². The zero-order chi connectivity index (χ0) is 18.3. The van der Waals surface area contributed by atoms with Crippen LogP contribution in [0, 0.1) is 12.8 Å². The van der Waals surface area contributed by atoms with Gasteiger partial charge in [0.2, 0.25) is 0 Å². The Labute approximate surface area is 154 Å².